The second-order valence-electron chi connectivity index (χ2n) is 29.9. The molecule has 0 saturated heterocycles. The van der Waals surface area contributed by atoms with Gasteiger partial charge in [0.15, 0.2) is 0 Å². The number of ether oxygens (including phenoxy) is 2. The van der Waals surface area contributed by atoms with Gasteiger partial charge in [-0.1, -0.05) is 451 Å². The molecule has 0 aromatic carbocycles. The lowest BCUT2D eigenvalue weighted by Crippen LogP contribution is -2.19. The topological polar surface area (TPSA) is 52.6 Å². The van der Waals surface area contributed by atoms with Crippen LogP contribution in [0.4, 0.5) is 0 Å². The third-order valence-electron chi connectivity index (χ3n) is 20.6. The van der Waals surface area contributed by atoms with Crippen molar-refractivity contribution in [2.45, 2.75) is 541 Å². The Labute approximate surface area is 568 Å². The van der Waals surface area contributed by atoms with Gasteiger partial charge in [-0.3, -0.25) is 9.59 Å². The van der Waals surface area contributed by atoms with Crippen LogP contribution in [0.3, 0.4) is 0 Å². The molecule has 0 aliphatic rings. The van der Waals surface area contributed by atoms with Crippen molar-refractivity contribution in [1.82, 2.24) is 0 Å². The van der Waals surface area contributed by atoms with Gasteiger partial charge in [0.2, 0.25) is 0 Å². The Balaban J connectivity index is 4.81. The lowest BCUT2D eigenvalue weighted by molar-refractivity contribution is -0.152. The van der Waals surface area contributed by atoms with Crippen LogP contribution in [-0.4, -0.2) is 24.1 Å². The Hall–Kier alpha value is -1.06. The van der Waals surface area contributed by atoms with Crippen LogP contribution in [0.2, 0.25) is 0 Å². The first kappa shape index (κ1) is 88.9. The molecular formula is C86H170O4. The minimum absolute atomic E-state index is 0.0478. The van der Waals surface area contributed by atoms with Crippen molar-refractivity contribution in [3.63, 3.8) is 0 Å². The monoisotopic (exact) mass is 1270 g/mol. The van der Waals surface area contributed by atoms with E-state index in [0.29, 0.717) is 25.7 Å². The zero-order chi connectivity index (χ0) is 64.9. The molecule has 0 amide bonds. The number of hydrogen-bond donors (Lipinski definition) is 0. The van der Waals surface area contributed by atoms with E-state index in [-0.39, 0.29) is 24.1 Å². The molecule has 2 unspecified atom stereocenters. The second-order valence-corrected chi connectivity index (χ2v) is 29.9. The molecule has 2 atom stereocenters. The molecule has 0 spiro atoms. The highest BCUT2D eigenvalue weighted by Crippen LogP contribution is 2.24. The van der Waals surface area contributed by atoms with Crippen molar-refractivity contribution in [2.75, 3.05) is 0 Å². The lowest BCUT2D eigenvalue weighted by Gasteiger charge is -2.19. The highest BCUT2D eigenvalue weighted by molar-refractivity contribution is 5.70. The Bertz CT molecular complexity index is 1210. The van der Waals surface area contributed by atoms with E-state index in [1.54, 1.807) is 0 Å². The Morgan fingerprint density at radius 1 is 0.167 bits per heavy atom. The molecule has 0 saturated carbocycles. The molecule has 538 valence electrons. The SMILES string of the molecule is CCCCCCCCCCCCCCCCCCCCCC(CCCCCCCCCCCCCCCCCC)OC(=O)CCCCC(=O)OC(CCCCCCCCCCCCCCCCCC)CCCCCCCCCCCCCCCCCCCCC. The zero-order valence-electron chi connectivity index (χ0n) is 62.9. The summed E-state index contributed by atoms with van der Waals surface area (Å²) in [6.45, 7) is 9.23. The first-order chi connectivity index (χ1) is 44.6. The first-order valence-electron chi connectivity index (χ1n) is 43.0. The van der Waals surface area contributed by atoms with Gasteiger partial charge in [0.25, 0.3) is 0 Å². The van der Waals surface area contributed by atoms with E-state index in [1.807, 2.05) is 0 Å². The zero-order valence-corrected chi connectivity index (χ0v) is 62.9. The maximum atomic E-state index is 13.4. The standard InChI is InChI=1S/C86H170O4/c1-5-9-13-17-21-25-29-33-37-41-43-45-49-53-57-61-65-69-73-79-83(77-71-67-63-59-55-51-47-39-35-31-27-23-19-15-11-7-3)89-85(87)81-75-76-82-86(88)90-84(78-72-68-64-60-56-52-48-40-36-32-28-24-20-16-12-8-4)80-74-70-66-62-58-54-50-46-44-42-38-34-30-26-22-18-14-10-6-2/h83-84H,5-82H2,1-4H3. The predicted octanol–water partition coefficient (Wildman–Crippen LogP) is 31.3. The predicted molar refractivity (Wildman–Crippen MR) is 403 cm³/mol. The number of hydrogen-bond acceptors (Lipinski definition) is 4. The molecule has 90 heavy (non-hydrogen) atoms. The van der Waals surface area contributed by atoms with Crippen LogP contribution in [0.15, 0.2) is 0 Å². The van der Waals surface area contributed by atoms with Gasteiger partial charge in [0.1, 0.15) is 12.2 Å². The lowest BCUT2D eigenvalue weighted by atomic mass is 10.0. The fourth-order valence-electron chi connectivity index (χ4n) is 14.3. The molecule has 4 nitrogen and oxygen atoms in total. The molecule has 0 aliphatic carbocycles. The highest BCUT2D eigenvalue weighted by Gasteiger charge is 2.17. The number of rotatable bonds is 81. The molecule has 0 aliphatic heterocycles. The number of unbranched alkanes of at least 4 members (excludes halogenated alkanes) is 67. The summed E-state index contributed by atoms with van der Waals surface area (Å²) >= 11 is 0. The highest BCUT2D eigenvalue weighted by atomic mass is 16.5. The first-order valence-corrected chi connectivity index (χ1v) is 43.0. The molecule has 0 N–H and O–H groups in total. The van der Waals surface area contributed by atoms with Gasteiger partial charge in [-0.15, -0.1) is 0 Å². The van der Waals surface area contributed by atoms with Crippen LogP contribution in [-0.2, 0) is 19.1 Å². The van der Waals surface area contributed by atoms with Gasteiger partial charge in [-0.25, -0.2) is 0 Å². The summed E-state index contributed by atoms with van der Waals surface area (Å²) < 4.78 is 12.6. The fraction of sp³-hybridized carbons (Fsp3) is 0.977. The molecule has 0 heterocycles. The molecule has 0 radical (unpaired) electrons. The fourth-order valence-corrected chi connectivity index (χ4v) is 14.3. The maximum absolute atomic E-state index is 13.4. The van der Waals surface area contributed by atoms with Crippen LogP contribution in [0.5, 0.6) is 0 Å². The Morgan fingerprint density at radius 2 is 0.278 bits per heavy atom. The molecule has 0 aromatic rings. The van der Waals surface area contributed by atoms with Crippen molar-refractivity contribution in [1.29, 1.82) is 0 Å². The normalized spacial score (nSPS) is 12.4. The number of carbonyl (C=O) groups is 2. The average molecular weight is 1270 g/mol. The van der Waals surface area contributed by atoms with Gasteiger partial charge >= 0.3 is 11.9 Å². The molecule has 0 fully saturated rings. The van der Waals surface area contributed by atoms with Gasteiger partial charge in [-0.05, 0) is 64.2 Å². The van der Waals surface area contributed by atoms with E-state index in [0.717, 1.165) is 25.7 Å². The average Bonchev–Trinajstić information content (AvgIpc) is 3.65. The minimum atomic E-state index is -0.0478. The number of carbonyl (C=O) groups excluding carboxylic acids is 2. The molecule has 0 bridgehead atoms. The van der Waals surface area contributed by atoms with E-state index in [4.69, 9.17) is 9.47 Å². The smallest absolute Gasteiger partial charge is 0.306 e. The van der Waals surface area contributed by atoms with E-state index in [9.17, 15) is 9.59 Å². The molecule has 0 aromatic heterocycles. The van der Waals surface area contributed by atoms with Crippen molar-refractivity contribution in [3.8, 4) is 0 Å². The van der Waals surface area contributed by atoms with E-state index in [2.05, 4.69) is 27.7 Å². The van der Waals surface area contributed by atoms with E-state index in [1.165, 1.54) is 449 Å². The van der Waals surface area contributed by atoms with Crippen molar-refractivity contribution in [2.24, 2.45) is 0 Å². The summed E-state index contributed by atoms with van der Waals surface area (Å²) in [6, 6.07) is 0. The maximum Gasteiger partial charge on any atom is 0.306 e. The Kier molecular flexibility index (Phi) is 79.4. The van der Waals surface area contributed by atoms with Crippen LogP contribution < -0.4 is 0 Å². The summed E-state index contributed by atoms with van der Waals surface area (Å²) in [6.07, 6.45) is 104. The van der Waals surface area contributed by atoms with Crippen LogP contribution in [0, 0.1) is 0 Å². The van der Waals surface area contributed by atoms with Crippen molar-refractivity contribution >= 4 is 11.9 Å². The van der Waals surface area contributed by atoms with Crippen molar-refractivity contribution < 1.29 is 19.1 Å². The molecular weight excluding hydrogens is 1100 g/mol. The van der Waals surface area contributed by atoms with E-state index < -0.39 is 0 Å². The van der Waals surface area contributed by atoms with Crippen LogP contribution >= 0.6 is 0 Å². The summed E-state index contributed by atoms with van der Waals surface area (Å²) in [7, 11) is 0. The largest absolute Gasteiger partial charge is 0.462 e. The minimum Gasteiger partial charge on any atom is -0.462 e. The number of esters is 2. The summed E-state index contributed by atoms with van der Waals surface area (Å²) in [4.78, 5) is 26.8. The van der Waals surface area contributed by atoms with E-state index >= 15 is 0 Å². The van der Waals surface area contributed by atoms with Gasteiger partial charge in [0, 0.05) is 12.8 Å². The van der Waals surface area contributed by atoms with Gasteiger partial charge in [0.05, 0.1) is 0 Å². The van der Waals surface area contributed by atoms with Crippen LogP contribution in [0.1, 0.15) is 529 Å². The third kappa shape index (κ3) is 76.0. The summed E-state index contributed by atoms with van der Waals surface area (Å²) in [5.41, 5.74) is 0. The molecule has 4 heteroatoms. The summed E-state index contributed by atoms with van der Waals surface area (Å²) in [5, 5.41) is 0. The van der Waals surface area contributed by atoms with Gasteiger partial charge in [-0.2, -0.15) is 0 Å². The third-order valence-corrected chi connectivity index (χ3v) is 20.6. The van der Waals surface area contributed by atoms with Crippen molar-refractivity contribution in [3.05, 3.63) is 0 Å². The Morgan fingerprint density at radius 3 is 0.400 bits per heavy atom. The van der Waals surface area contributed by atoms with Crippen LogP contribution in [0.25, 0.3) is 0 Å². The second kappa shape index (κ2) is 80.4. The van der Waals surface area contributed by atoms with Gasteiger partial charge < -0.3 is 9.47 Å². The quantitative estimate of drug-likeness (QED) is 0.0450. The molecule has 0 rings (SSSR count). The summed E-state index contributed by atoms with van der Waals surface area (Å²) in [5.74, 6) is -0.0956.